The molecule has 0 atom stereocenters. The van der Waals surface area contributed by atoms with Crippen molar-refractivity contribution in [1.29, 1.82) is 0 Å². The normalized spacial score (nSPS) is 10.5. The largest absolute Gasteiger partial charge is 0.388 e. The first-order valence-corrected chi connectivity index (χ1v) is 6.94. The van der Waals surface area contributed by atoms with Gasteiger partial charge in [-0.05, 0) is 31.2 Å². The van der Waals surface area contributed by atoms with E-state index in [4.69, 9.17) is 18.0 Å². The molecule has 0 bridgehead atoms. The Kier molecular flexibility index (Phi) is 3.50. The van der Waals surface area contributed by atoms with Crippen LogP contribution in [0.15, 0.2) is 48.7 Å². The zero-order valence-electron chi connectivity index (χ0n) is 11.5. The number of anilines is 2. The van der Waals surface area contributed by atoms with Crippen LogP contribution < -0.4 is 11.1 Å². The highest BCUT2D eigenvalue weighted by atomic mass is 32.1. The van der Waals surface area contributed by atoms with E-state index < -0.39 is 0 Å². The Morgan fingerprint density at radius 2 is 1.90 bits per heavy atom. The van der Waals surface area contributed by atoms with Gasteiger partial charge in [0.1, 0.15) is 10.7 Å². The molecule has 0 amide bonds. The van der Waals surface area contributed by atoms with E-state index in [2.05, 4.69) is 21.4 Å². The predicted octanol–water partition coefficient (Wildman–Crippen LogP) is 3.32. The lowest BCUT2D eigenvalue weighted by atomic mass is 10.1. The summed E-state index contributed by atoms with van der Waals surface area (Å²) in [6.07, 6.45) is 1.67. The van der Waals surface area contributed by atoms with Crippen molar-refractivity contribution >= 4 is 39.5 Å². The van der Waals surface area contributed by atoms with E-state index in [0.717, 1.165) is 28.0 Å². The van der Waals surface area contributed by atoms with Crippen molar-refractivity contribution in [3.05, 3.63) is 60.0 Å². The molecule has 0 aliphatic carbocycles. The molecule has 3 rings (SSSR count). The summed E-state index contributed by atoms with van der Waals surface area (Å²) in [4.78, 5) is 9.09. The van der Waals surface area contributed by atoms with Crippen LogP contribution in [0.2, 0.25) is 0 Å². The maximum absolute atomic E-state index is 5.72. The van der Waals surface area contributed by atoms with Crippen LogP contribution in [0, 0.1) is 6.92 Å². The molecule has 0 aliphatic rings. The number of aromatic nitrogens is 2. The van der Waals surface area contributed by atoms with Crippen LogP contribution in [-0.4, -0.2) is 15.0 Å². The molecule has 104 valence electrons. The van der Waals surface area contributed by atoms with E-state index in [1.165, 1.54) is 0 Å². The van der Waals surface area contributed by atoms with Crippen LogP contribution >= 0.6 is 12.2 Å². The first kappa shape index (κ1) is 13.5. The molecule has 0 spiro atoms. The SMILES string of the molecule is Cc1ccc2cccc(Nc3cccnc3C(N)=S)c2n1. The molecule has 2 aromatic heterocycles. The molecular weight excluding hydrogens is 280 g/mol. The maximum Gasteiger partial charge on any atom is 0.124 e. The van der Waals surface area contributed by atoms with Crippen molar-refractivity contribution in [2.24, 2.45) is 5.73 Å². The number of nitrogens with zero attached hydrogens (tertiary/aromatic N) is 2. The van der Waals surface area contributed by atoms with Crippen LogP contribution in [0.1, 0.15) is 11.4 Å². The van der Waals surface area contributed by atoms with Crippen molar-refractivity contribution in [3.8, 4) is 0 Å². The second-order valence-electron chi connectivity index (χ2n) is 4.72. The number of thiocarbonyl (C=S) groups is 1. The van der Waals surface area contributed by atoms with Gasteiger partial charge >= 0.3 is 0 Å². The van der Waals surface area contributed by atoms with Gasteiger partial charge in [-0.3, -0.25) is 9.97 Å². The van der Waals surface area contributed by atoms with Gasteiger partial charge in [0.25, 0.3) is 0 Å². The summed E-state index contributed by atoms with van der Waals surface area (Å²) in [5.41, 5.74) is 9.86. The third-order valence-electron chi connectivity index (χ3n) is 3.17. The number of para-hydroxylation sites is 1. The van der Waals surface area contributed by atoms with Gasteiger partial charge in [-0.1, -0.05) is 30.4 Å². The van der Waals surface area contributed by atoms with Crippen molar-refractivity contribution in [1.82, 2.24) is 9.97 Å². The van der Waals surface area contributed by atoms with E-state index >= 15 is 0 Å². The van der Waals surface area contributed by atoms with Crippen molar-refractivity contribution in [2.75, 3.05) is 5.32 Å². The number of hydrogen-bond acceptors (Lipinski definition) is 4. The highest BCUT2D eigenvalue weighted by Gasteiger charge is 2.08. The number of nitrogens with two attached hydrogens (primary N) is 1. The third-order valence-corrected chi connectivity index (χ3v) is 3.36. The zero-order valence-corrected chi connectivity index (χ0v) is 12.3. The number of hydrogen-bond donors (Lipinski definition) is 2. The Morgan fingerprint density at radius 1 is 1.10 bits per heavy atom. The summed E-state index contributed by atoms with van der Waals surface area (Å²) < 4.78 is 0. The average Bonchev–Trinajstić information content (AvgIpc) is 2.48. The quantitative estimate of drug-likeness (QED) is 0.726. The number of pyridine rings is 2. The standard InChI is InChI=1S/C16H14N4S/c1-10-7-8-11-4-2-5-12(14(11)19-10)20-13-6-3-9-18-15(13)16(17)21/h2-9,20H,1H3,(H2,17,21). The lowest BCUT2D eigenvalue weighted by molar-refractivity contribution is 1.25. The minimum atomic E-state index is 0.266. The summed E-state index contributed by atoms with van der Waals surface area (Å²) in [5, 5.41) is 4.41. The molecule has 4 nitrogen and oxygen atoms in total. The fraction of sp³-hybridized carbons (Fsp3) is 0.0625. The minimum absolute atomic E-state index is 0.266. The molecule has 0 saturated heterocycles. The number of nitrogens with one attached hydrogen (secondary N) is 1. The van der Waals surface area contributed by atoms with Crippen LogP contribution in [-0.2, 0) is 0 Å². The van der Waals surface area contributed by atoms with Crippen LogP contribution in [0.25, 0.3) is 10.9 Å². The molecule has 21 heavy (non-hydrogen) atoms. The Morgan fingerprint density at radius 3 is 2.71 bits per heavy atom. The van der Waals surface area contributed by atoms with Gasteiger partial charge in [0.2, 0.25) is 0 Å². The molecule has 0 fully saturated rings. The topological polar surface area (TPSA) is 63.8 Å². The molecule has 2 heterocycles. The Hall–Kier alpha value is -2.53. The van der Waals surface area contributed by atoms with Crippen LogP contribution in [0.3, 0.4) is 0 Å². The van der Waals surface area contributed by atoms with Crippen molar-refractivity contribution in [2.45, 2.75) is 6.92 Å². The highest BCUT2D eigenvalue weighted by molar-refractivity contribution is 7.80. The Balaban J connectivity index is 2.11. The van der Waals surface area contributed by atoms with Gasteiger partial charge in [-0.25, -0.2) is 0 Å². The number of benzene rings is 1. The van der Waals surface area contributed by atoms with Gasteiger partial charge in [-0.15, -0.1) is 0 Å². The molecule has 0 unspecified atom stereocenters. The monoisotopic (exact) mass is 294 g/mol. The van der Waals surface area contributed by atoms with Gasteiger partial charge in [0, 0.05) is 17.3 Å². The first-order valence-electron chi connectivity index (χ1n) is 6.53. The van der Waals surface area contributed by atoms with E-state index in [1.54, 1.807) is 6.20 Å². The summed E-state index contributed by atoms with van der Waals surface area (Å²) in [6.45, 7) is 1.97. The van der Waals surface area contributed by atoms with Gasteiger partial charge in [-0.2, -0.15) is 0 Å². The smallest absolute Gasteiger partial charge is 0.124 e. The summed E-state index contributed by atoms with van der Waals surface area (Å²) in [5.74, 6) is 0. The first-order chi connectivity index (χ1) is 10.1. The molecule has 0 radical (unpaired) electrons. The van der Waals surface area contributed by atoms with Gasteiger partial charge in [0.15, 0.2) is 0 Å². The zero-order chi connectivity index (χ0) is 14.8. The summed E-state index contributed by atoms with van der Waals surface area (Å²) in [7, 11) is 0. The van der Waals surface area contributed by atoms with E-state index in [0.29, 0.717) is 5.69 Å². The summed E-state index contributed by atoms with van der Waals surface area (Å²) >= 11 is 5.04. The Bertz CT molecular complexity index is 829. The number of rotatable bonds is 3. The fourth-order valence-electron chi connectivity index (χ4n) is 2.19. The third kappa shape index (κ3) is 2.68. The molecule has 1 aromatic carbocycles. The second-order valence-corrected chi connectivity index (χ2v) is 5.16. The highest BCUT2D eigenvalue weighted by Crippen LogP contribution is 2.26. The van der Waals surface area contributed by atoms with Crippen LogP contribution in [0.5, 0.6) is 0 Å². The number of fused-ring (bicyclic) bond motifs is 1. The van der Waals surface area contributed by atoms with E-state index in [1.807, 2.05) is 43.3 Å². The molecule has 0 saturated carbocycles. The predicted molar refractivity (Wildman–Crippen MR) is 89.9 cm³/mol. The minimum Gasteiger partial charge on any atom is -0.388 e. The fourth-order valence-corrected chi connectivity index (χ4v) is 2.36. The lowest BCUT2D eigenvalue weighted by Gasteiger charge is -2.12. The Labute approximate surface area is 128 Å². The molecule has 0 aliphatic heterocycles. The van der Waals surface area contributed by atoms with Gasteiger partial charge < -0.3 is 11.1 Å². The molecule has 3 aromatic rings. The van der Waals surface area contributed by atoms with Crippen molar-refractivity contribution < 1.29 is 0 Å². The van der Waals surface area contributed by atoms with Crippen LogP contribution in [0.4, 0.5) is 11.4 Å². The average molecular weight is 294 g/mol. The summed E-state index contributed by atoms with van der Waals surface area (Å²) in [6, 6.07) is 13.8. The second kappa shape index (κ2) is 5.46. The van der Waals surface area contributed by atoms with Crippen molar-refractivity contribution in [3.63, 3.8) is 0 Å². The van der Waals surface area contributed by atoms with E-state index in [-0.39, 0.29) is 4.99 Å². The molecule has 3 N–H and O–H groups in total. The maximum atomic E-state index is 5.72. The molecular formula is C16H14N4S. The molecule has 5 heteroatoms. The number of aryl methyl sites for hydroxylation is 1. The van der Waals surface area contributed by atoms with E-state index in [9.17, 15) is 0 Å². The van der Waals surface area contributed by atoms with Gasteiger partial charge in [0.05, 0.1) is 16.9 Å². The lowest BCUT2D eigenvalue weighted by Crippen LogP contribution is -2.14.